The van der Waals surface area contributed by atoms with Crippen molar-refractivity contribution >= 4 is 17.4 Å². The van der Waals surface area contributed by atoms with E-state index in [1.54, 1.807) is 24.5 Å². The maximum absolute atomic E-state index is 11.3. The summed E-state index contributed by atoms with van der Waals surface area (Å²) in [6, 6.07) is 3.46. The molecule has 0 amide bonds. The highest BCUT2D eigenvalue weighted by Gasteiger charge is 2.26. The Bertz CT molecular complexity index is 630. The van der Waals surface area contributed by atoms with Gasteiger partial charge in [0.15, 0.2) is 0 Å². The highest BCUT2D eigenvalue weighted by Crippen LogP contribution is 2.27. The van der Waals surface area contributed by atoms with E-state index in [1.807, 2.05) is 4.90 Å². The number of halogens is 1. The Balaban J connectivity index is 1.81. The molecule has 7 heteroatoms. The molecule has 1 aliphatic heterocycles. The van der Waals surface area contributed by atoms with Crippen LogP contribution in [0, 0.1) is 0 Å². The predicted molar refractivity (Wildman–Crippen MR) is 71.5 cm³/mol. The first-order valence-electron chi connectivity index (χ1n) is 6.01. The molecule has 19 heavy (non-hydrogen) atoms. The summed E-state index contributed by atoms with van der Waals surface area (Å²) in [4.78, 5) is 28.2. The largest absolute Gasteiger partial charge is 0.356 e. The molecule has 98 valence electrons. The summed E-state index contributed by atoms with van der Waals surface area (Å²) in [6.07, 6.45) is 4.43. The normalized spacial score (nSPS) is 18.8. The summed E-state index contributed by atoms with van der Waals surface area (Å²) in [6.45, 7) is 1.56. The average molecular weight is 278 g/mol. The quantitative estimate of drug-likeness (QED) is 0.835. The minimum absolute atomic E-state index is 0.265. The Morgan fingerprint density at radius 1 is 1.37 bits per heavy atom. The summed E-state index contributed by atoms with van der Waals surface area (Å²) in [5, 5.41) is 0.300. The zero-order valence-corrected chi connectivity index (χ0v) is 10.8. The number of hydrogen-bond donors (Lipinski definition) is 1. The fraction of sp³-hybridized carbons (Fsp3) is 0.333. The third-order valence-corrected chi connectivity index (χ3v) is 3.37. The highest BCUT2D eigenvalue weighted by molar-refractivity contribution is 6.29. The molecule has 0 bridgehead atoms. The van der Waals surface area contributed by atoms with E-state index in [0.717, 1.165) is 25.3 Å². The van der Waals surface area contributed by atoms with Crippen molar-refractivity contribution in [2.45, 2.75) is 12.3 Å². The van der Waals surface area contributed by atoms with E-state index in [4.69, 9.17) is 11.6 Å². The van der Waals surface area contributed by atoms with E-state index in [2.05, 4.69) is 19.9 Å². The first kappa shape index (κ1) is 12.1. The molecular formula is C12H12ClN5O. The molecule has 0 aliphatic carbocycles. The van der Waals surface area contributed by atoms with Crippen LogP contribution in [0.15, 0.2) is 29.3 Å². The van der Waals surface area contributed by atoms with Gasteiger partial charge in [0.2, 0.25) is 0 Å². The second-order valence-corrected chi connectivity index (χ2v) is 4.84. The molecule has 1 N–H and O–H groups in total. The lowest BCUT2D eigenvalue weighted by Gasteiger charge is -2.16. The summed E-state index contributed by atoms with van der Waals surface area (Å²) < 4.78 is 0. The number of nitrogens with one attached hydrogen (secondary N) is 1. The molecule has 1 saturated heterocycles. The second-order valence-electron chi connectivity index (χ2n) is 4.43. The van der Waals surface area contributed by atoms with Gasteiger partial charge < -0.3 is 4.90 Å². The SMILES string of the molecule is O=c1nc(N2CCC(c3ncccn3)C2)cc(Cl)[nH]1. The molecule has 0 spiro atoms. The van der Waals surface area contributed by atoms with Crippen molar-refractivity contribution in [1.29, 1.82) is 0 Å². The van der Waals surface area contributed by atoms with Gasteiger partial charge in [0.25, 0.3) is 0 Å². The predicted octanol–water partition coefficient (Wildman–Crippen LogP) is 1.21. The fourth-order valence-corrected chi connectivity index (χ4v) is 2.46. The highest BCUT2D eigenvalue weighted by atomic mass is 35.5. The standard InChI is InChI=1S/C12H12ClN5O/c13-9-6-10(17-12(19)16-9)18-5-2-8(7-18)11-14-3-1-4-15-11/h1,3-4,6,8H,2,5,7H2,(H,16,17,19). The van der Waals surface area contributed by atoms with Gasteiger partial charge in [-0.2, -0.15) is 4.98 Å². The van der Waals surface area contributed by atoms with Crippen molar-refractivity contribution < 1.29 is 0 Å². The maximum atomic E-state index is 11.3. The molecule has 1 unspecified atom stereocenters. The topological polar surface area (TPSA) is 74.8 Å². The van der Waals surface area contributed by atoms with Gasteiger partial charge >= 0.3 is 5.69 Å². The molecular weight excluding hydrogens is 266 g/mol. The number of aromatic amines is 1. The van der Waals surface area contributed by atoms with Crippen LogP contribution in [0.3, 0.4) is 0 Å². The summed E-state index contributed by atoms with van der Waals surface area (Å²) in [7, 11) is 0. The molecule has 1 fully saturated rings. The Morgan fingerprint density at radius 2 is 2.16 bits per heavy atom. The second kappa shape index (κ2) is 4.97. The van der Waals surface area contributed by atoms with E-state index < -0.39 is 5.69 Å². The molecule has 2 aromatic rings. The van der Waals surface area contributed by atoms with Crippen molar-refractivity contribution in [1.82, 2.24) is 19.9 Å². The lowest BCUT2D eigenvalue weighted by Crippen LogP contribution is -2.24. The van der Waals surface area contributed by atoms with E-state index in [9.17, 15) is 4.79 Å². The maximum Gasteiger partial charge on any atom is 0.348 e. The summed E-state index contributed by atoms with van der Waals surface area (Å²) >= 11 is 5.84. The van der Waals surface area contributed by atoms with Gasteiger partial charge in [0, 0.05) is 37.5 Å². The lowest BCUT2D eigenvalue weighted by molar-refractivity contribution is 0.708. The third kappa shape index (κ3) is 2.58. The van der Waals surface area contributed by atoms with Gasteiger partial charge in [0.05, 0.1) is 0 Å². The van der Waals surface area contributed by atoms with Crippen molar-refractivity contribution in [3.63, 3.8) is 0 Å². The molecule has 1 aliphatic rings. The van der Waals surface area contributed by atoms with E-state index in [0.29, 0.717) is 11.0 Å². The zero-order valence-electron chi connectivity index (χ0n) is 10.1. The molecule has 1 atom stereocenters. The van der Waals surface area contributed by atoms with Gasteiger partial charge in [-0.15, -0.1) is 0 Å². The van der Waals surface area contributed by atoms with Gasteiger partial charge in [-0.1, -0.05) is 11.6 Å². The molecule has 3 rings (SSSR count). The van der Waals surface area contributed by atoms with Crippen LogP contribution in [0.25, 0.3) is 0 Å². The number of rotatable bonds is 2. The monoisotopic (exact) mass is 277 g/mol. The average Bonchev–Trinajstić information content (AvgIpc) is 2.88. The number of aromatic nitrogens is 4. The Morgan fingerprint density at radius 3 is 2.89 bits per heavy atom. The van der Waals surface area contributed by atoms with Crippen molar-refractivity contribution in [2.75, 3.05) is 18.0 Å². The van der Waals surface area contributed by atoms with Crippen LogP contribution < -0.4 is 10.6 Å². The summed E-state index contributed by atoms with van der Waals surface area (Å²) in [5.41, 5.74) is -0.429. The van der Waals surface area contributed by atoms with Crippen molar-refractivity contribution in [2.24, 2.45) is 0 Å². The fourth-order valence-electron chi connectivity index (χ4n) is 2.28. The number of anilines is 1. The Labute approximate surface area is 114 Å². The smallest absolute Gasteiger partial charge is 0.348 e. The molecule has 0 radical (unpaired) electrons. The van der Waals surface area contributed by atoms with Crippen LogP contribution in [0.5, 0.6) is 0 Å². The number of nitrogens with zero attached hydrogens (tertiary/aromatic N) is 4. The van der Waals surface area contributed by atoms with E-state index in [-0.39, 0.29) is 5.92 Å². The van der Waals surface area contributed by atoms with Crippen LogP contribution in [0.2, 0.25) is 5.15 Å². The van der Waals surface area contributed by atoms with Gasteiger partial charge in [-0.3, -0.25) is 4.98 Å². The van der Waals surface area contributed by atoms with Crippen molar-refractivity contribution in [3.8, 4) is 0 Å². The van der Waals surface area contributed by atoms with E-state index >= 15 is 0 Å². The van der Waals surface area contributed by atoms with Crippen LogP contribution in [0.4, 0.5) is 5.82 Å². The zero-order chi connectivity index (χ0) is 13.2. The van der Waals surface area contributed by atoms with Gasteiger partial charge in [0.1, 0.15) is 16.8 Å². The first-order chi connectivity index (χ1) is 9.22. The van der Waals surface area contributed by atoms with Crippen LogP contribution in [-0.4, -0.2) is 33.0 Å². The third-order valence-electron chi connectivity index (χ3n) is 3.16. The Kier molecular flexibility index (Phi) is 3.16. The minimum atomic E-state index is -0.429. The lowest BCUT2D eigenvalue weighted by atomic mass is 10.1. The van der Waals surface area contributed by atoms with Gasteiger partial charge in [-0.25, -0.2) is 14.8 Å². The molecule has 2 aromatic heterocycles. The van der Waals surface area contributed by atoms with Crippen LogP contribution >= 0.6 is 11.6 Å². The first-order valence-corrected chi connectivity index (χ1v) is 6.39. The minimum Gasteiger partial charge on any atom is -0.356 e. The Hall–Kier alpha value is -1.95. The molecule has 3 heterocycles. The van der Waals surface area contributed by atoms with E-state index in [1.165, 1.54) is 0 Å². The van der Waals surface area contributed by atoms with Crippen molar-refractivity contribution in [3.05, 3.63) is 46.0 Å². The molecule has 0 aromatic carbocycles. The number of hydrogen-bond acceptors (Lipinski definition) is 5. The number of H-pyrrole nitrogens is 1. The van der Waals surface area contributed by atoms with Crippen LogP contribution in [-0.2, 0) is 0 Å². The molecule has 0 saturated carbocycles. The van der Waals surface area contributed by atoms with Crippen LogP contribution in [0.1, 0.15) is 18.2 Å². The molecule has 6 nitrogen and oxygen atoms in total. The van der Waals surface area contributed by atoms with Gasteiger partial charge in [-0.05, 0) is 12.5 Å². The summed E-state index contributed by atoms with van der Waals surface area (Å²) in [5.74, 6) is 1.70.